The first-order chi connectivity index (χ1) is 19.5. The summed E-state index contributed by atoms with van der Waals surface area (Å²) in [6, 6.07) is 5.72. The van der Waals surface area contributed by atoms with Crippen LogP contribution in [0.15, 0.2) is 54.8 Å². The largest absolute Gasteiger partial charge is 0.507 e. The van der Waals surface area contributed by atoms with Gasteiger partial charge >= 0.3 is 0 Å². The molecule has 0 aliphatic heterocycles. The Morgan fingerprint density at radius 2 is 1.76 bits per heavy atom. The lowest BCUT2D eigenvalue weighted by Gasteiger charge is -2.52. The summed E-state index contributed by atoms with van der Waals surface area (Å²) in [5, 5.41) is 22.5. The molecular formula is C31H29N3O7. The van der Waals surface area contributed by atoms with Crippen LogP contribution in [0.25, 0.3) is 11.1 Å². The molecule has 6 rings (SSSR count). The average molecular weight is 556 g/mol. The first kappa shape index (κ1) is 26.9. The molecular weight excluding hydrogens is 526 g/mol. The first-order valence-corrected chi connectivity index (χ1v) is 13.5. The van der Waals surface area contributed by atoms with Crippen molar-refractivity contribution < 1.29 is 34.2 Å². The van der Waals surface area contributed by atoms with Crippen LogP contribution in [-0.4, -0.2) is 74.9 Å². The van der Waals surface area contributed by atoms with Gasteiger partial charge in [-0.15, -0.1) is 0 Å². The summed E-state index contributed by atoms with van der Waals surface area (Å²) in [5.41, 5.74) is 5.36. The van der Waals surface area contributed by atoms with E-state index in [0.29, 0.717) is 11.1 Å². The topological polar surface area (TPSA) is 168 Å². The van der Waals surface area contributed by atoms with Crippen LogP contribution in [-0.2, 0) is 25.6 Å². The Morgan fingerprint density at radius 3 is 2.37 bits per heavy atom. The number of rotatable bonds is 4. The molecule has 4 N–H and O–H groups in total. The van der Waals surface area contributed by atoms with E-state index in [1.54, 1.807) is 26.4 Å². The summed E-state index contributed by atoms with van der Waals surface area (Å²) >= 11 is 0. The molecule has 10 nitrogen and oxygen atoms in total. The molecule has 210 valence electrons. The Morgan fingerprint density at radius 1 is 1.05 bits per heavy atom. The minimum atomic E-state index is -2.74. The normalized spacial score (nSPS) is 30.9. The molecule has 41 heavy (non-hydrogen) atoms. The van der Waals surface area contributed by atoms with Gasteiger partial charge in [-0.1, -0.05) is 36.4 Å². The van der Waals surface area contributed by atoms with Crippen molar-refractivity contribution in [2.24, 2.45) is 29.4 Å². The maximum absolute atomic E-state index is 13.9. The third kappa shape index (κ3) is 3.78. The summed E-state index contributed by atoms with van der Waals surface area (Å²) < 4.78 is 0. The van der Waals surface area contributed by atoms with E-state index in [0.717, 1.165) is 11.3 Å². The van der Waals surface area contributed by atoms with E-state index in [4.69, 9.17) is 5.73 Å². The van der Waals surface area contributed by atoms with Crippen molar-refractivity contribution in [2.45, 2.75) is 30.4 Å². The molecule has 10 heteroatoms. The highest BCUT2D eigenvalue weighted by atomic mass is 16.3. The number of carbonyl (C=O) groups excluding carboxylic acids is 5. The molecule has 1 amide bonds. The zero-order chi connectivity index (χ0) is 29.4. The summed E-state index contributed by atoms with van der Waals surface area (Å²) in [6.45, 7) is 0. The number of amides is 1. The van der Waals surface area contributed by atoms with Crippen molar-refractivity contribution >= 4 is 29.0 Å². The fourth-order valence-electron chi connectivity index (χ4n) is 7.27. The second kappa shape index (κ2) is 9.39. The number of ketones is 4. The molecule has 0 bridgehead atoms. The van der Waals surface area contributed by atoms with Crippen molar-refractivity contribution in [3.8, 4) is 16.9 Å². The number of allylic oxidation sites excluding steroid dienone is 4. The van der Waals surface area contributed by atoms with Gasteiger partial charge in [0.2, 0.25) is 5.91 Å². The molecule has 2 aromatic rings. The van der Waals surface area contributed by atoms with E-state index in [2.05, 4.69) is 4.98 Å². The number of likely N-dealkylation sites (N-methyl/N-ethyl adjacent to an activating group) is 1. The van der Waals surface area contributed by atoms with Crippen LogP contribution in [0.1, 0.15) is 34.0 Å². The molecule has 4 aliphatic carbocycles. The number of Topliss-reactive ketones (excluding diaryl/α,β-unsaturated/α-hetero) is 4. The second-order valence-electron chi connectivity index (χ2n) is 11.5. The quantitative estimate of drug-likeness (QED) is 0.469. The summed E-state index contributed by atoms with van der Waals surface area (Å²) in [7, 11) is 3.11. The Kier molecular flexibility index (Phi) is 6.16. The van der Waals surface area contributed by atoms with Crippen LogP contribution in [0.2, 0.25) is 0 Å². The van der Waals surface area contributed by atoms with Gasteiger partial charge in [-0.3, -0.25) is 33.9 Å². The molecule has 0 radical (unpaired) electrons. The van der Waals surface area contributed by atoms with E-state index >= 15 is 0 Å². The molecule has 0 spiro atoms. The number of primary amides is 1. The van der Waals surface area contributed by atoms with E-state index in [9.17, 15) is 34.2 Å². The number of aromatic nitrogens is 1. The number of pyridine rings is 1. The number of aliphatic hydroxyl groups is 1. The van der Waals surface area contributed by atoms with Crippen LogP contribution < -0.4 is 5.73 Å². The van der Waals surface area contributed by atoms with Crippen molar-refractivity contribution in [1.29, 1.82) is 0 Å². The SMILES string of the molecule is CN(C)[C@H]1C(=O)C(C(N)=O)C(=O)[C@]2(O)C(=O)C3C(=O)c4c(O)ccc(-c5ccc(C6C=CC=C6)nc5)c4C[C@@H]3C[C@H]12. The highest BCUT2D eigenvalue weighted by molar-refractivity contribution is 6.32. The van der Waals surface area contributed by atoms with E-state index in [1.807, 2.05) is 36.4 Å². The lowest BCUT2D eigenvalue weighted by molar-refractivity contribution is -0.181. The lowest BCUT2D eigenvalue weighted by Crippen LogP contribution is -2.74. The lowest BCUT2D eigenvalue weighted by atomic mass is 9.52. The smallest absolute Gasteiger partial charge is 0.235 e. The minimum Gasteiger partial charge on any atom is -0.507 e. The van der Waals surface area contributed by atoms with Crippen LogP contribution in [0.5, 0.6) is 5.75 Å². The Bertz CT molecular complexity index is 1580. The van der Waals surface area contributed by atoms with Crippen molar-refractivity contribution in [1.82, 2.24) is 9.88 Å². The molecule has 2 saturated carbocycles. The third-order valence-electron chi connectivity index (χ3n) is 9.13. The highest BCUT2D eigenvalue weighted by Gasteiger charge is 2.69. The standard InChI is InChI=1S/C31H29N3O7/c1-34(2)25-19-12-16-11-18-17(15-7-9-20(33-13-15)14-5-3-4-6-14)8-10-21(35)23(18)26(36)22(16)28(38)31(19,41)29(39)24(27(25)37)30(32)40/h3-10,13-14,16,19,22,24-25,35,41H,11-12H2,1-2H3,(H2,32,40)/t16-,19-,22?,24?,25-,31-/m1/s1. The number of benzene rings is 1. The predicted molar refractivity (Wildman–Crippen MR) is 146 cm³/mol. The summed E-state index contributed by atoms with van der Waals surface area (Å²) in [4.78, 5) is 72.7. The molecule has 6 atom stereocenters. The molecule has 2 unspecified atom stereocenters. The van der Waals surface area contributed by atoms with Gasteiger partial charge in [-0.2, -0.15) is 0 Å². The zero-order valence-electron chi connectivity index (χ0n) is 22.5. The van der Waals surface area contributed by atoms with Crippen molar-refractivity contribution in [3.63, 3.8) is 0 Å². The van der Waals surface area contributed by atoms with Gasteiger partial charge in [-0.05, 0) is 56.1 Å². The maximum atomic E-state index is 13.9. The molecule has 0 saturated heterocycles. The first-order valence-electron chi connectivity index (χ1n) is 13.5. The molecule has 1 aromatic heterocycles. The molecule has 1 aromatic carbocycles. The van der Waals surface area contributed by atoms with Gasteiger partial charge in [-0.25, -0.2) is 0 Å². The molecule has 1 heterocycles. The van der Waals surface area contributed by atoms with E-state index in [1.165, 1.54) is 11.0 Å². The van der Waals surface area contributed by atoms with Crippen molar-refractivity contribution in [3.05, 3.63) is 71.6 Å². The van der Waals surface area contributed by atoms with Crippen molar-refractivity contribution in [2.75, 3.05) is 14.1 Å². The fraction of sp³-hybridized carbons (Fsp3) is 0.355. The number of nitrogens with two attached hydrogens (primary N) is 1. The molecule has 2 fully saturated rings. The van der Waals surface area contributed by atoms with Crippen LogP contribution in [0, 0.1) is 23.7 Å². The molecule has 4 aliphatic rings. The second-order valence-corrected chi connectivity index (χ2v) is 11.5. The number of hydrogen-bond acceptors (Lipinski definition) is 9. The summed E-state index contributed by atoms with van der Waals surface area (Å²) in [5.74, 6) is -10.6. The number of nitrogens with zero attached hydrogens (tertiary/aromatic N) is 2. The maximum Gasteiger partial charge on any atom is 0.235 e. The average Bonchev–Trinajstić information content (AvgIpc) is 3.46. The Hall–Kier alpha value is -4.28. The van der Waals surface area contributed by atoms with Crippen LogP contribution >= 0.6 is 0 Å². The van der Waals surface area contributed by atoms with Gasteiger partial charge < -0.3 is 15.9 Å². The van der Waals surface area contributed by atoms with Gasteiger partial charge in [0.05, 0.1) is 23.2 Å². The van der Waals surface area contributed by atoms with E-state index in [-0.39, 0.29) is 30.1 Å². The minimum absolute atomic E-state index is 0.00344. The number of aromatic hydroxyl groups is 1. The van der Waals surface area contributed by atoms with Crippen LogP contribution in [0.4, 0.5) is 0 Å². The number of fused-ring (bicyclic) bond motifs is 3. The number of hydrogen-bond donors (Lipinski definition) is 3. The van der Waals surface area contributed by atoms with Gasteiger partial charge in [0.15, 0.2) is 34.7 Å². The number of phenolic OH excluding ortho intramolecular Hbond substituents is 1. The van der Waals surface area contributed by atoms with E-state index < -0.39 is 64.4 Å². The fourth-order valence-corrected chi connectivity index (χ4v) is 7.27. The van der Waals surface area contributed by atoms with Gasteiger partial charge in [0.25, 0.3) is 0 Å². The van der Waals surface area contributed by atoms with Gasteiger partial charge in [0.1, 0.15) is 5.75 Å². The number of phenols is 1. The Labute approximate surface area is 235 Å². The predicted octanol–water partition coefficient (Wildman–Crippen LogP) is 1.14. The highest BCUT2D eigenvalue weighted by Crippen LogP contribution is 2.51. The number of carbonyl (C=O) groups is 5. The summed E-state index contributed by atoms with van der Waals surface area (Å²) in [6.07, 6.45) is 9.84. The zero-order valence-corrected chi connectivity index (χ0v) is 22.5. The monoisotopic (exact) mass is 555 g/mol. The third-order valence-corrected chi connectivity index (χ3v) is 9.13. The van der Waals surface area contributed by atoms with Crippen LogP contribution in [0.3, 0.4) is 0 Å². The van der Waals surface area contributed by atoms with Gasteiger partial charge in [0, 0.05) is 23.6 Å². The Balaban J connectivity index is 1.43.